The number of aromatic nitrogens is 1. The predicted molar refractivity (Wildman–Crippen MR) is 72.9 cm³/mol. The van der Waals surface area contributed by atoms with Crippen LogP contribution in [0.25, 0.3) is 0 Å². The van der Waals surface area contributed by atoms with Gasteiger partial charge in [-0.15, -0.1) is 11.3 Å². The van der Waals surface area contributed by atoms with Gasteiger partial charge in [0.1, 0.15) is 11.4 Å². The molecule has 0 spiro atoms. The number of thiazole rings is 1. The van der Waals surface area contributed by atoms with Gasteiger partial charge in [-0.1, -0.05) is 6.07 Å². The van der Waals surface area contributed by atoms with Crippen LogP contribution in [-0.2, 0) is 0 Å². The van der Waals surface area contributed by atoms with E-state index in [1.165, 1.54) is 24.3 Å². The molecule has 0 fully saturated rings. The van der Waals surface area contributed by atoms with Crippen molar-refractivity contribution in [2.45, 2.75) is 13.8 Å². The van der Waals surface area contributed by atoms with E-state index in [1.807, 2.05) is 0 Å². The van der Waals surface area contributed by atoms with Crippen LogP contribution in [0.1, 0.15) is 33.3 Å². The van der Waals surface area contributed by atoms with Crippen LogP contribution in [-0.4, -0.2) is 21.8 Å². The number of aryl methyl sites for hydroxylation is 1. The molecule has 5 nitrogen and oxygen atoms in total. The average molecular weight is 276 g/mol. The van der Waals surface area contributed by atoms with Crippen LogP contribution >= 0.6 is 11.3 Å². The minimum absolute atomic E-state index is 0.0659. The Kier molecular flexibility index (Phi) is 3.62. The topological polar surface area (TPSA) is 79.3 Å². The highest BCUT2D eigenvalue weighted by Gasteiger charge is 2.11. The molecular formula is C13H12N2O3S. The maximum absolute atomic E-state index is 11.9. The Morgan fingerprint density at radius 2 is 2.11 bits per heavy atom. The van der Waals surface area contributed by atoms with E-state index in [-0.39, 0.29) is 17.4 Å². The van der Waals surface area contributed by atoms with Crippen LogP contribution in [0.4, 0.5) is 5.13 Å². The first kappa shape index (κ1) is 13.2. The van der Waals surface area contributed by atoms with Crippen molar-refractivity contribution in [1.82, 2.24) is 4.98 Å². The lowest BCUT2D eigenvalue weighted by Crippen LogP contribution is -2.11. The molecule has 19 heavy (non-hydrogen) atoms. The van der Waals surface area contributed by atoms with Gasteiger partial charge < -0.3 is 5.11 Å². The number of carbonyl (C=O) groups excluding carboxylic acids is 2. The van der Waals surface area contributed by atoms with E-state index in [4.69, 9.17) is 0 Å². The van der Waals surface area contributed by atoms with Crippen molar-refractivity contribution in [3.63, 3.8) is 0 Å². The Bertz CT molecular complexity index is 649. The summed E-state index contributed by atoms with van der Waals surface area (Å²) in [6.07, 6.45) is 0. The molecule has 6 heteroatoms. The van der Waals surface area contributed by atoms with E-state index in [2.05, 4.69) is 10.3 Å². The van der Waals surface area contributed by atoms with E-state index in [9.17, 15) is 14.7 Å². The van der Waals surface area contributed by atoms with Gasteiger partial charge in [0, 0.05) is 17.9 Å². The maximum atomic E-state index is 11.9. The third-order valence-corrected chi connectivity index (χ3v) is 3.31. The zero-order valence-electron chi connectivity index (χ0n) is 10.4. The zero-order valence-corrected chi connectivity index (χ0v) is 11.2. The average Bonchev–Trinajstić information content (AvgIpc) is 2.81. The second-order valence-electron chi connectivity index (χ2n) is 4.05. The lowest BCUT2D eigenvalue weighted by Gasteiger charge is -2.04. The molecule has 0 aliphatic rings. The number of nitrogens with one attached hydrogen (secondary N) is 1. The third kappa shape index (κ3) is 2.97. The number of phenolic OH excluding ortho intramolecular Hbond substituents is 1. The number of hydrogen-bond donors (Lipinski definition) is 2. The maximum Gasteiger partial charge on any atom is 0.257 e. The Morgan fingerprint density at radius 3 is 2.68 bits per heavy atom. The quantitative estimate of drug-likeness (QED) is 0.844. The van der Waals surface area contributed by atoms with Crippen LogP contribution in [0.5, 0.6) is 5.75 Å². The number of nitrogens with zero attached hydrogens (tertiary/aromatic N) is 1. The van der Waals surface area contributed by atoms with Crippen LogP contribution in [0, 0.1) is 6.92 Å². The van der Waals surface area contributed by atoms with Gasteiger partial charge in [-0.3, -0.25) is 14.9 Å². The zero-order chi connectivity index (χ0) is 14.0. The summed E-state index contributed by atoms with van der Waals surface area (Å²) >= 11 is 1.18. The molecule has 2 N–H and O–H groups in total. The van der Waals surface area contributed by atoms with Crippen LogP contribution in [0.15, 0.2) is 23.6 Å². The van der Waals surface area contributed by atoms with Gasteiger partial charge in [0.2, 0.25) is 0 Å². The number of benzene rings is 1. The summed E-state index contributed by atoms with van der Waals surface area (Å²) in [4.78, 5) is 27.0. The van der Waals surface area contributed by atoms with E-state index in [0.717, 1.165) is 0 Å². The number of aromatic hydroxyl groups is 1. The van der Waals surface area contributed by atoms with Gasteiger partial charge in [0.15, 0.2) is 10.9 Å². The molecular weight excluding hydrogens is 264 g/mol. The molecule has 0 bridgehead atoms. The van der Waals surface area contributed by atoms with Crippen molar-refractivity contribution in [2.24, 2.45) is 0 Å². The van der Waals surface area contributed by atoms with Gasteiger partial charge in [-0.2, -0.15) is 0 Å². The minimum Gasteiger partial charge on any atom is -0.508 e. The lowest BCUT2D eigenvalue weighted by molar-refractivity contribution is 0.100. The lowest BCUT2D eigenvalue weighted by atomic mass is 10.1. The number of anilines is 1. The van der Waals surface area contributed by atoms with Gasteiger partial charge in [0.05, 0.1) is 0 Å². The molecule has 1 aromatic heterocycles. The molecule has 98 valence electrons. The highest BCUT2D eigenvalue weighted by atomic mass is 32.1. The second-order valence-corrected chi connectivity index (χ2v) is 4.91. The Balaban J connectivity index is 2.15. The molecule has 0 unspecified atom stereocenters. The molecule has 0 atom stereocenters. The number of phenols is 1. The van der Waals surface area contributed by atoms with Gasteiger partial charge in [-0.05, 0) is 24.6 Å². The summed E-state index contributed by atoms with van der Waals surface area (Å²) in [6.45, 7) is 3.16. The molecule has 1 aromatic carbocycles. The summed E-state index contributed by atoms with van der Waals surface area (Å²) in [6, 6.07) is 4.67. The highest BCUT2D eigenvalue weighted by molar-refractivity contribution is 7.14. The summed E-state index contributed by atoms with van der Waals surface area (Å²) in [5, 5.41) is 14.1. The Labute approximate surface area is 113 Å². The Hall–Kier alpha value is -2.21. The molecule has 0 saturated heterocycles. The van der Waals surface area contributed by atoms with E-state index >= 15 is 0 Å². The Morgan fingerprint density at radius 1 is 1.37 bits per heavy atom. The molecule has 2 rings (SSSR count). The predicted octanol–water partition coefficient (Wildman–Crippen LogP) is 2.61. The molecule has 1 heterocycles. The standard InChI is InChI=1S/C13H12N2O3S/c1-7-3-4-9(5-11(7)17)12(18)15-13-14-10(6-19-13)8(2)16/h3-6,17H,1-2H3,(H,14,15,18). The van der Waals surface area contributed by atoms with E-state index in [0.29, 0.717) is 22.0 Å². The first-order valence-electron chi connectivity index (χ1n) is 5.55. The van der Waals surface area contributed by atoms with Crippen molar-refractivity contribution in [2.75, 3.05) is 5.32 Å². The number of ketones is 1. The molecule has 0 aliphatic carbocycles. The summed E-state index contributed by atoms with van der Waals surface area (Å²) < 4.78 is 0. The van der Waals surface area contributed by atoms with Crippen LogP contribution in [0.3, 0.4) is 0 Å². The van der Waals surface area contributed by atoms with Crippen LogP contribution < -0.4 is 5.32 Å². The SMILES string of the molecule is CC(=O)c1csc(NC(=O)c2ccc(C)c(O)c2)n1. The van der Waals surface area contributed by atoms with Crippen molar-refractivity contribution >= 4 is 28.2 Å². The van der Waals surface area contributed by atoms with Gasteiger partial charge >= 0.3 is 0 Å². The third-order valence-electron chi connectivity index (χ3n) is 2.56. The molecule has 0 aliphatic heterocycles. The van der Waals surface area contributed by atoms with Gasteiger partial charge in [0.25, 0.3) is 5.91 Å². The highest BCUT2D eigenvalue weighted by Crippen LogP contribution is 2.20. The second kappa shape index (κ2) is 5.19. The number of carbonyl (C=O) groups is 2. The van der Waals surface area contributed by atoms with Gasteiger partial charge in [-0.25, -0.2) is 4.98 Å². The van der Waals surface area contributed by atoms with Crippen molar-refractivity contribution in [3.8, 4) is 5.75 Å². The fourth-order valence-electron chi connectivity index (χ4n) is 1.41. The van der Waals surface area contributed by atoms with E-state index in [1.54, 1.807) is 24.4 Å². The molecule has 1 amide bonds. The fourth-order valence-corrected chi connectivity index (χ4v) is 2.16. The number of hydrogen-bond acceptors (Lipinski definition) is 5. The largest absolute Gasteiger partial charge is 0.508 e. The minimum atomic E-state index is -0.375. The van der Waals surface area contributed by atoms with Crippen molar-refractivity contribution in [1.29, 1.82) is 0 Å². The summed E-state index contributed by atoms with van der Waals surface area (Å²) in [5.41, 5.74) is 1.36. The van der Waals surface area contributed by atoms with Crippen molar-refractivity contribution < 1.29 is 14.7 Å². The molecule has 0 saturated carbocycles. The van der Waals surface area contributed by atoms with Crippen molar-refractivity contribution in [3.05, 3.63) is 40.4 Å². The number of Topliss-reactive ketones (excluding diaryl/α,β-unsaturated/α-hetero) is 1. The summed E-state index contributed by atoms with van der Waals surface area (Å²) in [5.74, 6) is -0.458. The number of amides is 1. The van der Waals surface area contributed by atoms with Crippen LogP contribution in [0.2, 0.25) is 0 Å². The molecule has 0 radical (unpaired) electrons. The first-order valence-corrected chi connectivity index (χ1v) is 6.43. The fraction of sp³-hybridized carbons (Fsp3) is 0.154. The smallest absolute Gasteiger partial charge is 0.257 e. The van der Waals surface area contributed by atoms with E-state index < -0.39 is 0 Å². The normalized spacial score (nSPS) is 10.2. The first-order chi connectivity index (χ1) is 8.97. The monoisotopic (exact) mass is 276 g/mol. The number of rotatable bonds is 3. The molecule has 2 aromatic rings. The summed E-state index contributed by atoms with van der Waals surface area (Å²) in [7, 11) is 0.